The van der Waals surface area contributed by atoms with E-state index in [9.17, 15) is 0 Å². The molecule has 1 atom stereocenters. The normalized spacial score (nSPS) is 12.5. The van der Waals surface area contributed by atoms with Gasteiger partial charge in [-0.05, 0) is 37.2 Å². The van der Waals surface area contributed by atoms with Gasteiger partial charge in [-0.3, -0.25) is 0 Å². The summed E-state index contributed by atoms with van der Waals surface area (Å²) >= 11 is 3.60. The minimum absolute atomic E-state index is 0.393. The number of rotatable bonds is 6. The van der Waals surface area contributed by atoms with Crippen molar-refractivity contribution in [1.82, 2.24) is 5.32 Å². The van der Waals surface area contributed by atoms with Gasteiger partial charge in [0.05, 0.1) is 7.11 Å². The molecule has 0 heterocycles. The van der Waals surface area contributed by atoms with Crippen molar-refractivity contribution in [3.8, 4) is 5.75 Å². The average Bonchev–Trinajstić information content (AvgIpc) is 2.32. The lowest BCUT2D eigenvalue weighted by Crippen LogP contribution is -2.16. The Morgan fingerprint density at radius 1 is 1.44 bits per heavy atom. The Kier molecular flexibility index (Phi) is 5.85. The lowest BCUT2D eigenvalue weighted by molar-refractivity contribution is 0.412. The van der Waals surface area contributed by atoms with Crippen molar-refractivity contribution < 1.29 is 4.74 Å². The molecule has 0 aliphatic rings. The molecule has 0 fully saturated rings. The van der Waals surface area contributed by atoms with Crippen LogP contribution in [-0.2, 0) is 0 Å². The number of ether oxygens (including phenoxy) is 1. The number of halogens is 1. The molecule has 0 amide bonds. The number of hydrogen-bond donors (Lipinski definition) is 1. The Hall–Kier alpha value is -0.540. The number of methoxy groups -OCH3 is 1. The maximum atomic E-state index is 5.26. The molecule has 0 aliphatic carbocycles. The minimum atomic E-state index is 0.393. The van der Waals surface area contributed by atoms with Crippen molar-refractivity contribution in [3.05, 3.63) is 28.2 Å². The molecule has 2 nitrogen and oxygen atoms in total. The first-order valence-corrected chi connectivity index (χ1v) is 6.53. The van der Waals surface area contributed by atoms with Gasteiger partial charge >= 0.3 is 0 Å². The van der Waals surface area contributed by atoms with Crippen LogP contribution in [0.3, 0.4) is 0 Å². The molecule has 0 bridgehead atoms. The van der Waals surface area contributed by atoms with Gasteiger partial charge < -0.3 is 10.1 Å². The van der Waals surface area contributed by atoms with Crippen LogP contribution < -0.4 is 10.1 Å². The Balaban J connectivity index is 2.89. The summed E-state index contributed by atoms with van der Waals surface area (Å²) in [6, 6.07) is 6.51. The Morgan fingerprint density at radius 2 is 2.19 bits per heavy atom. The monoisotopic (exact) mass is 285 g/mol. The van der Waals surface area contributed by atoms with Gasteiger partial charge in [-0.25, -0.2) is 0 Å². The number of unbranched alkanes of at least 4 members (excludes halogenated alkanes) is 1. The summed E-state index contributed by atoms with van der Waals surface area (Å²) in [5.41, 5.74) is 1.27. The van der Waals surface area contributed by atoms with Crippen molar-refractivity contribution in [1.29, 1.82) is 0 Å². The minimum Gasteiger partial charge on any atom is -0.497 e. The van der Waals surface area contributed by atoms with Crippen LogP contribution in [0.2, 0.25) is 0 Å². The van der Waals surface area contributed by atoms with Gasteiger partial charge in [0.15, 0.2) is 0 Å². The zero-order valence-electron chi connectivity index (χ0n) is 10.2. The van der Waals surface area contributed by atoms with Crippen molar-refractivity contribution in [2.75, 3.05) is 14.2 Å². The summed E-state index contributed by atoms with van der Waals surface area (Å²) in [5, 5.41) is 3.36. The molecule has 3 heteroatoms. The molecule has 0 aliphatic heterocycles. The zero-order valence-corrected chi connectivity index (χ0v) is 11.8. The van der Waals surface area contributed by atoms with Gasteiger partial charge in [-0.2, -0.15) is 0 Å². The SMILES string of the molecule is CCCCC(NC)c1cc(OC)ccc1Br. The van der Waals surface area contributed by atoms with E-state index in [-0.39, 0.29) is 0 Å². The molecule has 0 saturated carbocycles. The van der Waals surface area contributed by atoms with Gasteiger partial charge in [0.25, 0.3) is 0 Å². The maximum absolute atomic E-state index is 5.26. The predicted molar refractivity (Wildman–Crippen MR) is 72.0 cm³/mol. The number of nitrogens with one attached hydrogen (secondary N) is 1. The lowest BCUT2D eigenvalue weighted by atomic mass is 10.0. The van der Waals surface area contributed by atoms with Crippen LogP contribution in [0.25, 0.3) is 0 Å². The highest BCUT2D eigenvalue weighted by molar-refractivity contribution is 9.10. The summed E-state index contributed by atoms with van der Waals surface area (Å²) in [6.07, 6.45) is 3.60. The summed E-state index contributed by atoms with van der Waals surface area (Å²) in [5.74, 6) is 0.912. The van der Waals surface area contributed by atoms with E-state index >= 15 is 0 Å². The first-order chi connectivity index (χ1) is 7.72. The van der Waals surface area contributed by atoms with Crippen molar-refractivity contribution in [2.45, 2.75) is 32.2 Å². The van der Waals surface area contributed by atoms with Crippen LogP contribution in [0.1, 0.15) is 37.8 Å². The Labute approximate surface area is 107 Å². The van der Waals surface area contributed by atoms with E-state index in [2.05, 4.69) is 34.2 Å². The molecule has 0 aromatic heterocycles. The molecule has 16 heavy (non-hydrogen) atoms. The molecule has 1 aromatic carbocycles. The third-order valence-electron chi connectivity index (χ3n) is 2.77. The molecule has 0 radical (unpaired) electrons. The molecule has 1 N–H and O–H groups in total. The van der Waals surface area contributed by atoms with E-state index in [4.69, 9.17) is 4.74 Å². The fourth-order valence-electron chi connectivity index (χ4n) is 1.78. The van der Waals surface area contributed by atoms with Crippen molar-refractivity contribution >= 4 is 15.9 Å². The van der Waals surface area contributed by atoms with E-state index in [0.29, 0.717) is 6.04 Å². The fraction of sp³-hybridized carbons (Fsp3) is 0.538. The zero-order chi connectivity index (χ0) is 12.0. The van der Waals surface area contributed by atoms with Crippen LogP contribution in [0.15, 0.2) is 22.7 Å². The molecule has 0 saturated heterocycles. The van der Waals surface area contributed by atoms with Crippen LogP contribution in [0, 0.1) is 0 Å². The summed E-state index contributed by atoms with van der Waals surface area (Å²) in [4.78, 5) is 0. The van der Waals surface area contributed by atoms with E-state index in [1.807, 2.05) is 19.2 Å². The summed E-state index contributed by atoms with van der Waals surface area (Å²) < 4.78 is 6.40. The molecular weight excluding hydrogens is 266 g/mol. The van der Waals surface area contributed by atoms with Crippen molar-refractivity contribution in [3.63, 3.8) is 0 Å². The molecule has 1 rings (SSSR count). The second kappa shape index (κ2) is 6.92. The maximum Gasteiger partial charge on any atom is 0.119 e. The second-order valence-electron chi connectivity index (χ2n) is 3.87. The quantitative estimate of drug-likeness (QED) is 0.856. The Morgan fingerprint density at radius 3 is 2.75 bits per heavy atom. The van der Waals surface area contributed by atoms with Crippen LogP contribution in [0.5, 0.6) is 5.75 Å². The summed E-state index contributed by atoms with van der Waals surface area (Å²) in [6.45, 7) is 2.22. The van der Waals surface area contributed by atoms with Gasteiger partial charge in [-0.15, -0.1) is 0 Å². The predicted octanol–water partition coefficient (Wildman–Crippen LogP) is 3.91. The summed E-state index contributed by atoms with van der Waals surface area (Å²) in [7, 11) is 3.71. The van der Waals surface area contributed by atoms with Gasteiger partial charge in [-0.1, -0.05) is 35.7 Å². The lowest BCUT2D eigenvalue weighted by Gasteiger charge is -2.18. The molecule has 90 valence electrons. The van der Waals surface area contributed by atoms with E-state index in [1.165, 1.54) is 18.4 Å². The van der Waals surface area contributed by atoms with Crippen molar-refractivity contribution in [2.24, 2.45) is 0 Å². The highest BCUT2D eigenvalue weighted by Gasteiger charge is 2.12. The number of hydrogen-bond acceptors (Lipinski definition) is 2. The standard InChI is InChI=1S/C13H20BrNO/c1-4-5-6-13(15-2)11-9-10(16-3)7-8-12(11)14/h7-9,13,15H,4-6H2,1-3H3. The average molecular weight is 286 g/mol. The molecule has 1 unspecified atom stereocenters. The first kappa shape index (κ1) is 13.5. The third kappa shape index (κ3) is 3.49. The highest BCUT2D eigenvalue weighted by atomic mass is 79.9. The fourth-order valence-corrected chi connectivity index (χ4v) is 2.30. The highest BCUT2D eigenvalue weighted by Crippen LogP contribution is 2.30. The smallest absolute Gasteiger partial charge is 0.119 e. The van der Waals surface area contributed by atoms with Gasteiger partial charge in [0.1, 0.15) is 5.75 Å². The largest absolute Gasteiger partial charge is 0.497 e. The van der Waals surface area contributed by atoms with Crippen LogP contribution in [-0.4, -0.2) is 14.2 Å². The van der Waals surface area contributed by atoms with Crippen LogP contribution in [0.4, 0.5) is 0 Å². The topological polar surface area (TPSA) is 21.3 Å². The number of benzene rings is 1. The van der Waals surface area contributed by atoms with E-state index in [1.54, 1.807) is 7.11 Å². The van der Waals surface area contributed by atoms with Gasteiger partial charge in [0, 0.05) is 10.5 Å². The molecular formula is C13H20BrNO. The third-order valence-corrected chi connectivity index (χ3v) is 3.50. The van der Waals surface area contributed by atoms with Gasteiger partial charge in [0.2, 0.25) is 0 Å². The molecule has 1 aromatic rings. The van der Waals surface area contributed by atoms with E-state index < -0.39 is 0 Å². The first-order valence-electron chi connectivity index (χ1n) is 5.73. The van der Waals surface area contributed by atoms with E-state index in [0.717, 1.165) is 16.6 Å². The van der Waals surface area contributed by atoms with Crippen LogP contribution >= 0.6 is 15.9 Å². The second-order valence-corrected chi connectivity index (χ2v) is 4.73. The molecule has 0 spiro atoms. The Bertz CT molecular complexity index is 328.